The first kappa shape index (κ1) is 13.6. The number of benzene rings is 1. The van der Waals surface area contributed by atoms with Crippen molar-refractivity contribution in [3.8, 4) is 0 Å². The Hall–Kier alpha value is -0.820. The third kappa shape index (κ3) is 3.35. The van der Waals surface area contributed by atoms with E-state index in [1.807, 2.05) is 0 Å². The van der Waals surface area contributed by atoms with Gasteiger partial charge in [-0.3, -0.25) is 0 Å². The van der Waals surface area contributed by atoms with Gasteiger partial charge in [-0.15, -0.1) is 0 Å². The molecule has 1 aliphatic carbocycles. The monoisotopic (exact) mass is 245 g/mol. The summed E-state index contributed by atoms with van der Waals surface area (Å²) in [6, 6.07) is 11.7. The molecule has 0 aliphatic heterocycles. The van der Waals surface area contributed by atoms with Gasteiger partial charge in [0.05, 0.1) is 0 Å². The second-order valence-electron chi connectivity index (χ2n) is 5.71. The van der Waals surface area contributed by atoms with Gasteiger partial charge < -0.3 is 5.32 Å². The molecule has 1 aromatic rings. The van der Waals surface area contributed by atoms with Gasteiger partial charge in [0, 0.05) is 6.04 Å². The van der Waals surface area contributed by atoms with Crippen molar-refractivity contribution in [2.75, 3.05) is 7.05 Å². The van der Waals surface area contributed by atoms with Crippen LogP contribution in [0.4, 0.5) is 0 Å². The molecule has 0 amide bonds. The minimum Gasteiger partial charge on any atom is -0.316 e. The first-order valence-electron chi connectivity index (χ1n) is 7.57. The predicted molar refractivity (Wildman–Crippen MR) is 78.9 cm³/mol. The molecule has 100 valence electrons. The molecule has 0 spiro atoms. The highest BCUT2D eigenvalue weighted by Crippen LogP contribution is 2.33. The van der Waals surface area contributed by atoms with E-state index in [2.05, 4.69) is 49.6 Å². The van der Waals surface area contributed by atoms with Crippen LogP contribution in [0, 0.1) is 5.92 Å². The second-order valence-corrected chi connectivity index (χ2v) is 5.71. The molecule has 1 aromatic carbocycles. The zero-order chi connectivity index (χ0) is 12.8. The molecule has 2 unspecified atom stereocenters. The van der Waals surface area contributed by atoms with Crippen molar-refractivity contribution in [3.63, 3.8) is 0 Å². The molecule has 0 aromatic heterocycles. The molecular weight excluding hydrogens is 218 g/mol. The number of rotatable bonds is 6. The molecular formula is C17H27N. The van der Waals surface area contributed by atoms with Crippen LogP contribution in [-0.2, 0) is 0 Å². The quantitative estimate of drug-likeness (QED) is 0.785. The van der Waals surface area contributed by atoms with E-state index in [9.17, 15) is 0 Å². The van der Waals surface area contributed by atoms with Gasteiger partial charge in [-0.25, -0.2) is 0 Å². The average Bonchev–Trinajstić information content (AvgIpc) is 2.92. The Balaban J connectivity index is 2.03. The van der Waals surface area contributed by atoms with Crippen molar-refractivity contribution >= 4 is 0 Å². The average molecular weight is 245 g/mol. The second kappa shape index (κ2) is 6.94. The third-order valence-electron chi connectivity index (χ3n) is 4.59. The maximum atomic E-state index is 3.58. The van der Waals surface area contributed by atoms with E-state index in [0.29, 0.717) is 12.0 Å². The van der Waals surface area contributed by atoms with Crippen LogP contribution in [0.1, 0.15) is 56.9 Å². The topological polar surface area (TPSA) is 12.0 Å². The van der Waals surface area contributed by atoms with Gasteiger partial charge in [-0.05, 0) is 37.3 Å². The zero-order valence-electron chi connectivity index (χ0n) is 11.9. The zero-order valence-corrected chi connectivity index (χ0v) is 11.9. The van der Waals surface area contributed by atoms with Gasteiger partial charge in [0.1, 0.15) is 0 Å². The molecule has 2 rings (SSSR count). The molecule has 1 saturated carbocycles. The molecule has 1 fully saturated rings. The summed E-state index contributed by atoms with van der Waals surface area (Å²) >= 11 is 0. The smallest absolute Gasteiger partial charge is 0.0135 e. The van der Waals surface area contributed by atoms with Gasteiger partial charge in [0.2, 0.25) is 0 Å². The lowest BCUT2D eigenvalue weighted by atomic mass is 9.83. The number of hydrogen-bond donors (Lipinski definition) is 1. The molecule has 1 heteroatoms. The molecule has 0 heterocycles. The fourth-order valence-corrected chi connectivity index (χ4v) is 3.54. The van der Waals surface area contributed by atoms with Crippen molar-refractivity contribution in [1.82, 2.24) is 5.32 Å². The van der Waals surface area contributed by atoms with Gasteiger partial charge in [-0.2, -0.15) is 0 Å². The fourth-order valence-electron chi connectivity index (χ4n) is 3.54. The van der Waals surface area contributed by atoms with E-state index in [0.717, 1.165) is 5.92 Å². The third-order valence-corrected chi connectivity index (χ3v) is 4.59. The highest BCUT2D eigenvalue weighted by atomic mass is 14.9. The summed E-state index contributed by atoms with van der Waals surface area (Å²) in [4.78, 5) is 0. The Labute approximate surface area is 112 Å². The van der Waals surface area contributed by atoms with E-state index in [1.165, 1.54) is 44.1 Å². The Morgan fingerprint density at radius 2 is 1.83 bits per heavy atom. The Morgan fingerprint density at radius 3 is 2.39 bits per heavy atom. The summed E-state index contributed by atoms with van der Waals surface area (Å²) in [7, 11) is 2.13. The summed E-state index contributed by atoms with van der Waals surface area (Å²) in [5, 5.41) is 3.58. The largest absolute Gasteiger partial charge is 0.316 e. The summed E-state index contributed by atoms with van der Waals surface area (Å²) in [6.07, 6.45) is 8.37. The van der Waals surface area contributed by atoms with E-state index in [-0.39, 0.29) is 0 Å². The molecule has 0 saturated heterocycles. The Morgan fingerprint density at radius 1 is 1.17 bits per heavy atom. The molecule has 1 nitrogen and oxygen atoms in total. The maximum Gasteiger partial charge on any atom is 0.0135 e. The van der Waals surface area contributed by atoms with Crippen LogP contribution in [-0.4, -0.2) is 13.1 Å². The van der Waals surface area contributed by atoms with Crippen LogP contribution in [0.2, 0.25) is 0 Å². The first-order chi connectivity index (χ1) is 8.85. The van der Waals surface area contributed by atoms with E-state index >= 15 is 0 Å². The van der Waals surface area contributed by atoms with E-state index in [1.54, 1.807) is 0 Å². The van der Waals surface area contributed by atoms with Crippen molar-refractivity contribution < 1.29 is 0 Å². The van der Waals surface area contributed by atoms with Gasteiger partial charge >= 0.3 is 0 Å². The van der Waals surface area contributed by atoms with Crippen molar-refractivity contribution in [2.24, 2.45) is 5.92 Å². The van der Waals surface area contributed by atoms with Crippen LogP contribution in [0.15, 0.2) is 30.3 Å². The van der Waals surface area contributed by atoms with Crippen LogP contribution < -0.4 is 5.32 Å². The van der Waals surface area contributed by atoms with Crippen molar-refractivity contribution in [1.29, 1.82) is 0 Å². The minimum absolute atomic E-state index is 0.639. The summed E-state index contributed by atoms with van der Waals surface area (Å²) in [5.74, 6) is 1.62. The number of hydrogen-bond acceptors (Lipinski definition) is 1. The Kier molecular flexibility index (Phi) is 5.25. The predicted octanol–water partition coefficient (Wildman–Crippen LogP) is 4.35. The van der Waals surface area contributed by atoms with E-state index < -0.39 is 0 Å². The number of nitrogens with one attached hydrogen (secondary N) is 1. The standard InChI is InChI=1S/C17H27N/c1-3-16(15-11-5-4-6-12-15)17(18-2)13-14-9-7-8-10-14/h4-6,11-12,14,16-18H,3,7-10,13H2,1-2H3. The highest BCUT2D eigenvalue weighted by molar-refractivity contribution is 5.21. The normalized spacial score (nSPS) is 19.9. The SMILES string of the molecule is CCC(c1ccccc1)C(CC1CCCC1)NC. The maximum absolute atomic E-state index is 3.58. The number of likely N-dealkylation sites (N-methyl/N-ethyl adjacent to an activating group) is 1. The van der Waals surface area contributed by atoms with Crippen molar-refractivity contribution in [3.05, 3.63) is 35.9 Å². The lowest BCUT2D eigenvalue weighted by Crippen LogP contribution is -2.33. The lowest BCUT2D eigenvalue weighted by Gasteiger charge is -2.28. The molecule has 0 bridgehead atoms. The minimum atomic E-state index is 0.639. The lowest BCUT2D eigenvalue weighted by molar-refractivity contribution is 0.353. The van der Waals surface area contributed by atoms with Gasteiger partial charge in [-0.1, -0.05) is 62.9 Å². The summed E-state index contributed by atoms with van der Waals surface area (Å²) in [6.45, 7) is 2.32. The van der Waals surface area contributed by atoms with Gasteiger partial charge in [0.25, 0.3) is 0 Å². The Bertz CT molecular complexity index is 327. The summed E-state index contributed by atoms with van der Waals surface area (Å²) < 4.78 is 0. The van der Waals surface area contributed by atoms with Crippen LogP contribution >= 0.6 is 0 Å². The van der Waals surface area contributed by atoms with Crippen LogP contribution in [0.5, 0.6) is 0 Å². The highest BCUT2D eigenvalue weighted by Gasteiger charge is 2.25. The molecule has 0 radical (unpaired) electrons. The molecule has 1 aliphatic rings. The summed E-state index contributed by atoms with van der Waals surface area (Å²) in [5.41, 5.74) is 1.50. The van der Waals surface area contributed by atoms with Gasteiger partial charge in [0.15, 0.2) is 0 Å². The van der Waals surface area contributed by atoms with Crippen LogP contribution in [0.3, 0.4) is 0 Å². The van der Waals surface area contributed by atoms with Crippen molar-refractivity contribution in [2.45, 2.75) is 57.4 Å². The van der Waals surface area contributed by atoms with E-state index in [4.69, 9.17) is 0 Å². The first-order valence-corrected chi connectivity index (χ1v) is 7.57. The molecule has 18 heavy (non-hydrogen) atoms. The molecule has 1 N–H and O–H groups in total. The molecule has 2 atom stereocenters. The fraction of sp³-hybridized carbons (Fsp3) is 0.647. The van der Waals surface area contributed by atoms with Crippen LogP contribution in [0.25, 0.3) is 0 Å².